The SMILES string of the molecule is CNC(C)c1ccccc1.Cc1cccc(C(N)c2ccccc2)c1. The standard InChI is InChI=1S/C14H15N.C9H13N/c1-11-6-5-9-13(10-11)14(15)12-7-3-2-4-8-12;1-8(10-2)9-6-4-3-5-7-9/h2-10,14H,15H2,1H3;3-8,10H,1-2H3. The molecule has 3 rings (SSSR count). The molecule has 2 unspecified atom stereocenters. The van der Waals surface area contributed by atoms with Crippen molar-refractivity contribution < 1.29 is 0 Å². The van der Waals surface area contributed by atoms with Crippen LogP contribution in [-0.2, 0) is 0 Å². The van der Waals surface area contributed by atoms with E-state index in [-0.39, 0.29) is 6.04 Å². The number of nitrogens with two attached hydrogens (primary N) is 1. The fourth-order valence-corrected chi connectivity index (χ4v) is 2.62. The Balaban J connectivity index is 0.000000196. The number of rotatable bonds is 4. The Kier molecular flexibility index (Phi) is 7.39. The maximum absolute atomic E-state index is 6.19. The number of hydrogen-bond acceptors (Lipinski definition) is 2. The smallest absolute Gasteiger partial charge is 0.0551 e. The van der Waals surface area contributed by atoms with Gasteiger partial charge in [-0.05, 0) is 37.6 Å². The Labute approximate surface area is 151 Å². The summed E-state index contributed by atoms with van der Waals surface area (Å²) in [6.07, 6.45) is 0. The summed E-state index contributed by atoms with van der Waals surface area (Å²) in [5.74, 6) is 0. The molecule has 3 aromatic carbocycles. The second kappa shape index (κ2) is 9.77. The lowest BCUT2D eigenvalue weighted by Crippen LogP contribution is -2.11. The number of hydrogen-bond donors (Lipinski definition) is 2. The fraction of sp³-hybridized carbons (Fsp3) is 0.217. The first-order valence-corrected chi connectivity index (χ1v) is 8.71. The maximum Gasteiger partial charge on any atom is 0.0551 e. The minimum atomic E-state index is -0.0221. The normalized spacial score (nSPS) is 12.6. The van der Waals surface area contributed by atoms with Gasteiger partial charge in [0.05, 0.1) is 6.04 Å². The lowest BCUT2D eigenvalue weighted by atomic mass is 9.98. The molecular weight excluding hydrogens is 304 g/mol. The van der Waals surface area contributed by atoms with Crippen LogP contribution in [0.1, 0.15) is 41.3 Å². The van der Waals surface area contributed by atoms with Gasteiger partial charge in [0.2, 0.25) is 0 Å². The molecule has 130 valence electrons. The molecule has 0 spiro atoms. The summed E-state index contributed by atoms with van der Waals surface area (Å²) in [5, 5.41) is 3.18. The first-order chi connectivity index (χ1) is 12.1. The van der Waals surface area contributed by atoms with Crippen LogP contribution in [0.4, 0.5) is 0 Å². The van der Waals surface area contributed by atoms with Crippen molar-refractivity contribution in [3.05, 3.63) is 107 Å². The van der Waals surface area contributed by atoms with Gasteiger partial charge in [-0.1, -0.05) is 90.5 Å². The van der Waals surface area contributed by atoms with Crippen LogP contribution < -0.4 is 11.1 Å². The van der Waals surface area contributed by atoms with Gasteiger partial charge < -0.3 is 11.1 Å². The Hall–Kier alpha value is -2.42. The molecule has 0 aliphatic heterocycles. The highest BCUT2D eigenvalue weighted by Crippen LogP contribution is 2.19. The third-order valence-corrected chi connectivity index (χ3v) is 4.29. The zero-order valence-corrected chi connectivity index (χ0v) is 15.3. The van der Waals surface area contributed by atoms with Crippen LogP contribution in [0, 0.1) is 6.92 Å². The average molecular weight is 332 g/mol. The third kappa shape index (κ3) is 5.86. The van der Waals surface area contributed by atoms with E-state index in [1.807, 2.05) is 37.4 Å². The summed E-state index contributed by atoms with van der Waals surface area (Å²) in [6, 6.07) is 29.4. The highest BCUT2D eigenvalue weighted by molar-refractivity contribution is 5.33. The third-order valence-electron chi connectivity index (χ3n) is 4.29. The molecule has 0 saturated carbocycles. The summed E-state index contributed by atoms with van der Waals surface area (Å²) >= 11 is 0. The Morgan fingerprint density at radius 1 is 0.720 bits per heavy atom. The van der Waals surface area contributed by atoms with Crippen molar-refractivity contribution in [3.8, 4) is 0 Å². The molecule has 2 nitrogen and oxygen atoms in total. The van der Waals surface area contributed by atoms with Crippen LogP contribution in [0.25, 0.3) is 0 Å². The second-order valence-electron chi connectivity index (χ2n) is 6.22. The molecular formula is C23H28N2. The van der Waals surface area contributed by atoms with Gasteiger partial charge in [0.25, 0.3) is 0 Å². The van der Waals surface area contributed by atoms with Gasteiger partial charge in [0, 0.05) is 6.04 Å². The van der Waals surface area contributed by atoms with Gasteiger partial charge in [-0.3, -0.25) is 0 Å². The molecule has 0 fully saturated rings. The van der Waals surface area contributed by atoms with Gasteiger partial charge in [-0.15, -0.1) is 0 Å². The molecule has 0 heterocycles. The van der Waals surface area contributed by atoms with E-state index in [0.717, 1.165) is 5.56 Å². The molecule has 3 N–H and O–H groups in total. The summed E-state index contributed by atoms with van der Waals surface area (Å²) < 4.78 is 0. The van der Waals surface area contributed by atoms with Crippen LogP contribution in [0.5, 0.6) is 0 Å². The van der Waals surface area contributed by atoms with Crippen LogP contribution in [0.15, 0.2) is 84.9 Å². The molecule has 2 heteroatoms. The van der Waals surface area contributed by atoms with Crippen LogP contribution >= 0.6 is 0 Å². The van der Waals surface area contributed by atoms with Gasteiger partial charge in [-0.2, -0.15) is 0 Å². The highest BCUT2D eigenvalue weighted by Gasteiger charge is 2.07. The summed E-state index contributed by atoms with van der Waals surface area (Å²) in [7, 11) is 1.97. The van der Waals surface area contributed by atoms with Crippen LogP contribution in [-0.4, -0.2) is 7.05 Å². The van der Waals surface area contributed by atoms with E-state index >= 15 is 0 Å². The lowest BCUT2D eigenvalue weighted by Gasteiger charge is -2.12. The predicted octanol–water partition coefficient (Wildman–Crippen LogP) is 5.01. The molecule has 3 aromatic rings. The molecule has 0 bridgehead atoms. The van der Waals surface area contributed by atoms with Crippen LogP contribution in [0.3, 0.4) is 0 Å². The van der Waals surface area contributed by atoms with Gasteiger partial charge in [0.1, 0.15) is 0 Å². The van der Waals surface area contributed by atoms with E-state index in [1.54, 1.807) is 0 Å². The quantitative estimate of drug-likeness (QED) is 0.705. The molecule has 0 aliphatic rings. The molecule has 2 atom stereocenters. The first-order valence-electron chi connectivity index (χ1n) is 8.71. The zero-order valence-electron chi connectivity index (χ0n) is 15.3. The van der Waals surface area contributed by atoms with Crippen LogP contribution in [0.2, 0.25) is 0 Å². The van der Waals surface area contributed by atoms with Crippen molar-refractivity contribution in [1.82, 2.24) is 5.32 Å². The van der Waals surface area contributed by atoms with Crippen molar-refractivity contribution in [2.45, 2.75) is 25.9 Å². The molecule has 0 amide bonds. The molecule has 0 aromatic heterocycles. The number of nitrogens with one attached hydrogen (secondary N) is 1. The topological polar surface area (TPSA) is 38.0 Å². The molecule has 0 saturated heterocycles. The van der Waals surface area contributed by atoms with Crippen molar-refractivity contribution in [2.24, 2.45) is 5.73 Å². The second-order valence-corrected chi connectivity index (χ2v) is 6.22. The van der Waals surface area contributed by atoms with E-state index < -0.39 is 0 Å². The molecule has 0 radical (unpaired) electrons. The largest absolute Gasteiger partial charge is 0.320 e. The minimum Gasteiger partial charge on any atom is -0.320 e. The van der Waals surface area contributed by atoms with E-state index in [0.29, 0.717) is 6.04 Å². The minimum absolute atomic E-state index is 0.0221. The van der Waals surface area contributed by atoms with Gasteiger partial charge in [0.15, 0.2) is 0 Å². The fourth-order valence-electron chi connectivity index (χ4n) is 2.62. The lowest BCUT2D eigenvalue weighted by molar-refractivity contribution is 0.652. The summed E-state index contributed by atoms with van der Waals surface area (Å²) in [5.41, 5.74) is 11.1. The van der Waals surface area contributed by atoms with Crippen molar-refractivity contribution in [1.29, 1.82) is 0 Å². The summed E-state index contributed by atoms with van der Waals surface area (Å²) in [6.45, 7) is 4.23. The van der Waals surface area contributed by atoms with E-state index in [4.69, 9.17) is 5.73 Å². The van der Waals surface area contributed by atoms with E-state index in [2.05, 4.69) is 73.8 Å². The Morgan fingerprint density at radius 3 is 1.76 bits per heavy atom. The number of benzene rings is 3. The monoisotopic (exact) mass is 332 g/mol. The highest BCUT2D eigenvalue weighted by atomic mass is 14.8. The van der Waals surface area contributed by atoms with Gasteiger partial charge >= 0.3 is 0 Å². The zero-order chi connectivity index (χ0) is 18.1. The first kappa shape index (κ1) is 18.9. The van der Waals surface area contributed by atoms with E-state index in [9.17, 15) is 0 Å². The average Bonchev–Trinajstić information content (AvgIpc) is 2.68. The predicted molar refractivity (Wildman–Crippen MR) is 108 cm³/mol. The summed E-state index contributed by atoms with van der Waals surface area (Å²) in [4.78, 5) is 0. The molecule has 25 heavy (non-hydrogen) atoms. The Bertz CT molecular complexity index is 738. The van der Waals surface area contributed by atoms with E-state index in [1.165, 1.54) is 16.7 Å². The van der Waals surface area contributed by atoms with Gasteiger partial charge in [-0.25, -0.2) is 0 Å². The van der Waals surface area contributed by atoms with Crippen molar-refractivity contribution >= 4 is 0 Å². The maximum atomic E-state index is 6.19. The van der Waals surface area contributed by atoms with Crippen molar-refractivity contribution in [2.75, 3.05) is 7.05 Å². The number of aryl methyl sites for hydroxylation is 1. The Morgan fingerprint density at radius 2 is 1.24 bits per heavy atom. The molecule has 0 aliphatic carbocycles. The van der Waals surface area contributed by atoms with Crippen molar-refractivity contribution in [3.63, 3.8) is 0 Å².